The van der Waals surface area contributed by atoms with E-state index >= 15 is 0 Å². The van der Waals surface area contributed by atoms with Crippen LogP contribution in [0.5, 0.6) is 0 Å². The second kappa shape index (κ2) is 9.51. The van der Waals surface area contributed by atoms with Gasteiger partial charge >= 0.3 is 0 Å². The first-order valence-corrected chi connectivity index (χ1v) is 10.5. The zero-order valence-electron chi connectivity index (χ0n) is 17.1. The molecule has 0 aromatic heterocycles. The molecular formula is C20H42N4. The third-order valence-corrected chi connectivity index (χ3v) is 6.12. The van der Waals surface area contributed by atoms with Crippen molar-refractivity contribution in [1.29, 1.82) is 0 Å². The van der Waals surface area contributed by atoms with Gasteiger partial charge in [0.1, 0.15) is 0 Å². The Morgan fingerprint density at radius 1 is 0.708 bits per heavy atom. The average molecular weight is 339 g/mol. The van der Waals surface area contributed by atoms with Gasteiger partial charge in [0.25, 0.3) is 0 Å². The van der Waals surface area contributed by atoms with Crippen LogP contribution in [-0.2, 0) is 0 Å². The molecule has 2 saturated heterocycles. The quantitative estimate of drug-likeness (QED) is 0.737. The van der Waals surface area contributed by atoms with Crippen molar-refractivity contribution in [2.24, 2.45) is 5.41 Å². The molecule has 2 heterocycles. The van der Waals surface area contributed by atoms with Crippen molar-refractivity contribution in [2.45, 2.75) is 53.5 Å². The number of hydrogen-bond donors (Lipinski definition) is 0. The van der Waals surface area contributed by atoms with Gasteiger partial charge in [-0.25, -0.2) is 0 Å². The van der Waals surface area contributed by atoms with E-state index < -0.39 is 0 Å². The van der Waals surface area contributed by atoms with E-state index in [0.29, 0.717) is 11.5 Å². The molecule has 142 valence electrons. The van der Waals surface area contributed by atoms with Crippen molar-refractivity contribution in [1.82, 2.24) is 19.6 Å². The zero-order chi connectivity index (χ0) is 17.6. The molecule has 4 heteroatoms. The van der Waals surface area contributed by atoms with Gasteiger partial charge in [-0.05, 0) is 38.6 Å². The standard InChI is InChI=1S/C18H36N4.C2H6/c1-4-19-7-9-20(10-8-19)15-18(5-6-18)16-21-11-13-22(14-12-21)17(2)3;1-2/h17H,4-16H2,1-3H3;1-2H3. The zero-order valence-corrected chi connectivity index (χ0v) is 17.1. The molecule has 0 spiro atoms. The average Bonchev–Trinajstić information content (AvgIpc) is 3.37. The first-order valence-electron chi connectivity index (χ1n) is 10.5. The Morgan fingerprint density at radius 2 is 1.12 bits per heavy atom. The molecule has 0 aromatic carbocycles. The molecule has 0 aromatic rings. The molecule has 0 amide bonds. The largest absolute Gasteiger partial charge is 0.301 e. The molecule has 24 heavy (non-hydrogen) atoms. The number of hydrogen-bond acceptors (Lipinski definition) is 4. The smallest absolute Gasteiger partial charge is 0.0113 e. The molecule has 3 rings (SSSR count). The molecule has 2 aliphatic heterocycles. The van der Waals surface area contributed by atoms with Gasteiger partial charge in [-0.1, -0.05) is 20.8 Å². The molecule has 0 bridgehead atoms. The fourth-order valence-electron chi connectivity index (χ4n) is 4.19. The van der Waals surface area contributed by atoms with E-state index in [2.05, 4.69) is 40.4 Å². The first-order chi connectivity index (χ1) is 11.6. The van der Waals surface area contributed by atoms with E-state index in [9.17, 15) is 0 Å². The molecule has 3 aliphatic rings. The summed E-state index contributed by atoms with van der Waals surface area (Å²) in [6.45, 7) is 25.1. The van der Waals surface area contributed by atoms with Crippen molar-refractivity contribution in [3.05, 3.63) is 0 Å². The second-order valence-electron chi connectivity index (χ2n) is 8.12. The van der Waals surface area contributed by atoms with Gasteiger partial charge in [-0.15, -0.1) is 0 Å². The summed E-state index contributed by atoms with van der Waals surface area (Å²) in [7, 11) is 0. The summed E-state index contributed by atoms with van der Waals surface area (Å²) in [6.07, 6.45) is 2.93. The molecule has 0 atom stereocenters. The van der Waals surface area contributed by atoms with E-state index in [0.717, 1.165) is 0 Å². The van der Waals surface area contributed by atoms with Crippen molar-refractivity contribution < 1.29 is 0 Å². The van der Waals surface area contributed by atoms with Crippen LogP contribution in [0.4, 0.5) is 0 Å². The van der Waals surface area contributed by atoms with Crippen LogP contribution < -0.4 is 0 Å². The van der Waals surface area contributed by atoms with Gasteiger partial charge in [0, 0.05) is 71.5 Å². The minimum Gasteiger partial charge on any atom is -0.301 e. The molecule has 4 nitrogen and oxygen atoms in total. The lowest BCUT2D eigenvalue weighted by molar-refractivity contribution is 0.0716. The molecule has 1 aliphatic carbocycles. The van der Waals surface area contributed by atoms with Crippen LogP contribution in [0, 0.1) is 5.41 Å². The maximum Gasteiger partial charge on any atom is 0.0113 e. The summed E-state index contributed by atoms with van der Waals surface area (Å²) < 4.78 is 0. The van der Waals surface area contributed by atoms with Crippen molar-refractivity contribution in [3.63, 3.8) is 0 Å². The third kappa shape index (κ3) is 5.69. The SMILES string of the molecule is CC.CCN1CCN(CC2(CN3CCN(C(C)C)CC3)CC2)CC1. The monoisotopic (exact) mass is 338 g/mol. The Balaban J connectivity index is 0.00000100. The van der Waals surface area contributed by atoms with E-state index in [1.165, 1.54) is 84.8 Å². The van der Waals surface area contributed by atoms with E-state index in [-0.39, 0.29) is 0 Å². The number of piperazine rings is 2. The molecule has 1 saturated carbocycles. The highest BCUT2D eigenvalue weighted by atomic mass is 15.3. The van der Waals surface area contributed by atoms with Gasteiger partial charge < -0.3 is 14.7 Å². The molecule has 0 unspecified atom stereocenters. The predicted octanol–water partition coefficient (Wildman–Crippen LogP) is 2.46. The number of nitrogens with zero attached hydrogens (tertiary/aromatic N) is 4. The topological polar surface area (TPSA) is 13.0 Å². The highest BCUT2D eigenvalue weighted by Gasteiger charge is 2.45. The Hall–Kier alpha value is -0.160. The first kappa shape index (κ1) is 20.2. The molecular weight excluding hydrogens is 296 g/mol. The summed E-state index contributed by atoms with van der Waals surface area (Å²) in [6, 6.07) is 0.715. The fourth-order valence-corrected chi connectivity index (χ4v) is 4.19. The Morgan fingerprint density at radius 3 is 1.50 bits per heavy atom. The van der Waals surface area contributed by atoms with Crippen LogP contribution in [0.2, 0.25) is 0 Å². The van der Waals surface area contributed by atoms with Gasteiger partial charge in [0.15, 0.2) is 0 Å². The van der Waals surface area contributed by atoms with Gasteiger partial charge in [-0.2, -0.15) is 0 Å². The Kier molecular flexibility index (Phi) is 7.99. The maximum atomic E-state index is 2.74. The maximum absolute atomic E-state index is 2.74. The summed E-state index contributed by atoms with van der Waals surface area (Å²) in [5, 5.41) is 0. The highest BCUT2D eigenvalue weighted by molar-refractivity contribution is 4.99. The summed E-state index contributed by atoms with van der Waals surface area (Å²) in [5.41, 5.74) is 0.647. The Labute approximate surface area is 151 Å². The van der Waals surface area contributed by atoms with Gasteiger partial charge in [0.05, 0.1) is 0 Å². The predicted molar refractivity (Wildman–Crippen MR) is 105 cm³/mol. The number of likely N-dealkylation sites (N-methyl/N-ethyl adjacent to an activating group) is 1. The van der Waals surface area contributed by atoms with Crippen LogP contribution >= 0.6 is 0 Å². The van der Waals surface area contributed by atoms with Gasteiger partial charge in [-0.3, -0.25) is 4.90 Å². The van der Waals surface area contributed by atoms with Crippen molar-refractivity contribution in [2.75, 3.05) is 72.0 Å². The molecule has 3 fully saturated rings. The highest BCUT2D eigenvalue weighted by Crippen LogP contribution is 2.47. The van der Waals surface area contributed by atoms with E-state index in [1.54, 1.807) is 0 Å². The van der Waals surface area contributed by atoms with Gasteiger partial charge in [0.2, 0.25) is 0 Å². The molecule has 0 N–H and O–H groups in total. The second-order valence-corrected chi connectivity index (χ2v) is 8.12. The third-order valence-electron chi connectivity index (χ3n) is 6.12. The lowest BCUT2D eigenvalue weighted by atomic mass is 10.0. The molecule has 0 radical (unpaired) electrons. The van der Waals surface area contributed by atoms with Crippen LogP contribution in [0.15, 0.2) is 0 Å². The summed E-state index contributed by atoms with van der Waals surface area (Å²) in [4.78, 5) is 10.7. The van der Waals surface area contributed by atoms with Crippen LogP contribution in [0.25, 0.3) is 0 Å². The minimum absolute atomic E-state index is 0.647. The Bertz CT molecular complexity index is 338. The summed E-state index contributed by atoms with van der Waals surface area (Å²) in [5.74, 6) is 0. The lowest BCUT2D eigenvalue weighted by Crippen LogP contribution is -2.52. The van der Waals surface area contributed by atoms with Crippen molar-refractivity contribution in [3.8, 4) is 0 Å². The van der Waals surface area contributed by atoms with Crippen molar-refractivity contribution >= 4 is 0 Å². The minimum atomic E-state index is 0.647. The normalized spacial score (nSPS) is 26.2. The fraction of sp³-hybridized carbons (Fsp3) is 1.00. The van der Waals surface area contributed by atoms with E-state index in [4.69, 9.17) is 0 Å². The van der Waals surface area contributed by atoms with Crippen LogP contribution in [0.1, 0.15) is 47.5 Å². The van der Waals surface area contributed by atoms with Crippen LogP contribution in [0.3, 0.4) is 0 Å². The van der Waals surface area contributed by atoms with E-state index in [1.807, 2.05) is 13.8 Å². The lowest BCUT2D eigenvalue weighted by Gasteiger charge is -2.40. The number of rotatable bonds is 6. The summed E-state index contributed by atoms with van der Waals surface area (Å²) >= 11 is 0. The van der Waals surface area contributed by atoms with Crippen LogP contribution in [-0.4, -0.2) is 97.6 Å².